The second kappa shape index (κ2) is 4.66. The molecule has 0 aliphatic carbocycles. The average molecular weight is 147 g/mol. The molecule has 1 atom stereocenters. The molecule has 3 heteroatoms. The quantitative estimate of drug-likeness (QED) is 0.543. The summed E-state index contributed by atoms with van der Waals surface area (Å²) in [6.07, 6.45) is 0.706. The Balaban J connectivity index is 3.28. The Labute approximate surface area is 62.2 Å². The van der Waals surface area contributed by atoms with Crippen LogP contribution in [0.2, 0.25) is 0 Å². The lowest BCUT2D eigenvalue weighted by atomic mass is 10.1. The van der Waals surface area contributed by atoms with Gasteiger partial charge in [-0.3, -0.25) is 0 Å². The molecule has 0 fully saturated rings. The van der Waals surface area contributed by atoms with Crippen molar-refractivity contribution in [2.75, 3.05) is 19.8 Å². The molecule has 62 valence electrons. The van der Waals surface area contributed by atoms with Crippen molar-refractivity contribution in [2.45, 2.75) is 25.9 Å². The van der Waals surface area contributed by atoms with Gasteiger partial charge in [0.25, 0.3) is 0 Å². The molecule has 3 N–H and O–H groups in total. The molecule has 3 nitrogen and oxygen atoms in total. The van der Waals surface area contributed by atoms with Gasteiger partial charge >= 0.3 is 0 Å². The molecular formula is C7H17NO2. The first-order valence-corrected chi connectivity index (χ1v) is 3.62. The van der Waals surface area contributed by atoms with Gasteiger partial charge in [-0.2, -0.15) is 0 Å². The molecule has 0 radical (unpaired) electrons. The maximum absolute atomic E-state index is 9.38. The van der Waals surface area contributed by atoms with Gasteiger partial charge in [0.2, 0.25) is 0 Å². The molecule has 0 rings (SSSR count). The predicted molar refractivity (Wildman–Crippen MR) is 40.8 cm³/mol. The van der Waals surface area contributed by atoms with Gasteiger partial charge in [-0.25, -0.2) is 0 Å². The molecule has 1 unspecified atom stereocenters. The van der Waals surface area contributed by atoms with E-state index in [4.69, 9.17) is 10.5 Å². The van der Waals surface area contributed by atoms with Crippen molar-refractivity contribution in [2.24, 2.45) is 5.73 Å². The minimum absolute atomic E-state index is 0.376. The van der Waals surface area contributed by atoms with Gasteiger partial charge in [-0.1, -0.05) is 6.92 Å². The molecule has 0 amide bonds. The molecule has 0 aromatic carbocycles. The normalized spacial score (nSPS) is 16.8. The van der Waals surface area contributed by atoms with Crippen LogP contribution in [0.25, 0.3) is 0 Å². The number of aliphatic hydroxyl groups is 1. The summed E-state index contributed by atoms with van der Waals surface area (Å²) in [5.41, 5.74) is 4.51. The van der Waals surface area contributed by atoms with Gasteiger partial charge in [0.1, 0.15) is 0 Å². The van der Waals surface area contributed by atoms with Crippen molar-refractivity contribution in [1.29, 1.82) is 0 Å². The highest BCUT2D eigenvalue weighted by Crippen LogP contribution is 2.07. The SMILES string of the molecule is CCC(C)(O)COCCN. The van der Waals surface area contributed by atoms with Crippen LogP contribution >= 0.6 is 0 Å². The van der Waals surface area contributed by atoms with E-state index in [1.54, 1.807) is 6.92 Å². The van der Waals surface area contributed by atoms with Gasteiger partial charge < -0.3 is 15.6 Å². The smallest absolute Gasteiger partial charge is 0.0849 e. The zero-order valence-corrected chi connectivity index (χ0v) is 6.76. The van der Waals surface area contributed by atoms with Crippen LogP contribution in [0.5, 0.6) is 0 Å². The van der Waals surface area contributed by atoms with E-state index in [0.29, 0.717) is 26.2 Å². The van der Waals surface area contributed by atoms with Crippen molar-refractivity contribution < 1.29 is 9.84 Å². The lowest BCUT2D eigenvalue weighted by molar-refractivity contribution is -0.0336. The fourth-order valence-corrected chi connectivity index (χ4v) is 0.477. The Morgan fingerprint density at radius 2 is 2.20 bits per heavy atom. The number of nitrogens with two attached hydrogens (primary N) is 1. The zero-order chi connectivity index (χ0) is 8.04. The van der Waals surface area contributed by atoms with Crippen molar-refractivity contribution in [3.63, 3.8) is 0 Å². The van der Waals surface area contributed by atoms with Crippen molar-refractivity contribution in [3.8, 4) is 0 Å². The summed E-state index contributed by atoms with van der Waals surface area (Å²) in [5.74, 6) is 0. The third-order valence-corrected chi connectivity index (χ3v) is 1.44. The lowest BCUT2D eigenvalue weighted by Crippen LogP contribution is -2.30. The number of ether oxygens (including phenoxy) is 1. The van der Waals surface area contributed by atoms with E-state index in [2.05, 4.69) is 0 Å². The van der Waals surface area contributed by atoms with Crippen LogP contribution in [-0.4, -0.2) is 30.5 Å². The van der Waals surface area contributed by atoms with Gasteiger partial charge in [-0.05, 0) is 13.3 Å². The Morgan fingerprint density at radius 1 is 1.60 bits per heavy atom. The second-order valence-corrected chi connectivity index (χ2v) is 2.69. The van der Waals surface area contributed by atoms with E-state index in [1.807, 2.05) is 6.92 Å². The molecule has 0 aliphatic rings. The number of hydrogen-bond donors (Lipinski definition) is 2. The fraction of sp³-hybridized carbons (Fsp3) is 1.00. The minimum Gasteiger partial charge on any atom is -0.388 e. The van der Waals surface area contributed by atoms with E-state index in [0.717, 1.165) is 0 Å². The maximum Gasteiger partial charge on any atom is 0.0849 e. The first kappa shape index (κ1) is 9.88. The Morgan fingerprint density at radius 3 is 2.60 bits per heavy atom. The highest BCUT2D eigenvalue weighted by atomic mass is 16.5. The molecule has 0 bridgehead atoms. The second-order valence-electron chi connectivity index (χ2n) is 2.69. The first-order chi connectivity index (χ1) is 4.62. The molecule has 0 saturated heterocycles. The third kappa shape index (κ3) is 4.73. The molecule has 0 spiro atoms. The highest BCUT2D eigenvalue weighted by Gasteiger charge is 2.16. The molecule has 0 aromatic heterocycles. The maximum atomic E-state index is 9.38. The monoisotopic (exact) mass is 147 g/mol. The van der Waals surface area contributed by atoms with Crippen molar-refractivity contribution in [3.05, 3.63) is 0 Å². The van der Waals surface area contributed by atoms with Crippen molar-refractivity contribution in [1.82, 2.24) is 0 Å². The first-order valence-electron chi connectivity index (χ1n) is 3.62. The van der Waals surface area contributed by atoms with Crippen molar-refractivity contribution >= 4 is 0 Å². The van der Waals surface area contributed by atoms with E-state index in [-0.39, 0.29) is 0 Å². The molecule has 0 heterocycles. The van der Waals surface area contributed by atoms with E-state index in [9.17, 15) is 5.11 Å². The topological polar surface area (TPSA) is 55.5 Å². The van der Waals surface area contributed by atoms with E-state index < -0.39 is 5.60 Å². The number of hydrogen-bond acceptors (Lipinski definition) is 3. The zero-order valence-electron chi connectivity index (χ0n) is 6.76. The third-order valence-electron chi connectivity index (χ3n) is 1.44. The lowest BCUT2D eigenvalue weighted by Gasteiger charge is -2.20. The molecular weight excluding hydrogens is 130 g/mol. The van der Waals surface area contributed by atoms with Crippen LogP contribution in [0.1, 0.15) is 20.3 Å². The van der Waals surface area contributed by atoms with Crippen LogP contribution in [-0.2, 0) is 4.74 Å². The molecule has 0 saturated carbocycles. The largest absolute Gasteiger partial charge is 0.388 e. The predicted octanol–water partition coefficient (Wildman–Crippen LogP) is 0.123. The molecule has 10 heavy (non-hydrogen) atoms. The summed E-state index contributed by atoms with van der Waals surface area (Å²) < 4.78 is 5.06. The fourth-order valence-electron chi connectivity index (χ4n) is 0.477. The minimum atomic E-state index is -0.685. The Bertz CT molecular complexity index is 83.7. The van der Waals surface area contributed by atoms with Gasteiger partial charge in [0, 0.05) is 6.54 Å². The van der Waals surface area contributed by atoms with Gasteiger partial charge in [0.15, 0.2) is 0 Å². The standard InChI is InChI=1S/C7H17NO2/c1-3-7(2,9)6-10-5-4-8/h9H,3-6,8H2,1-2H3. The average Bonchev–Trinajstić information content (AvgIpc) is 1.89. The van der Waals surface area contributed by atoms with E-state index >= 15 is 0 Å². The molecule has 0 aromatic rings. The van der Waals surface area contributed by atoms with Crippen LogP contribution in [0.15, 0.2) is 0 Å². The van der Waals surface area contributed by atoms with Crippen LogP contribution < -0.4 is 5.73 Å². The molecule has 0 aliphatic heterocycles. The summed E-state index contributed by atoms with van der Waals surface area (Å²) in [4.78, 5) is 0. The summed E-state index contributed by atoms with van der Waals surface area (Å²) in [5, 5.41) is 9.38. The summed E-state index contributed by atoms with van der Waals surface area (Å²) in [6.45, 7) is 5.09. The van der Waals surface area contributed by atoms with Gasteiger partial charge in [0.05, 0.1) is 18.8 Å². The highest BCUT2D eigenvalue weighted by molar-refractivity contribution is 4.68. The summed E-state index contributed by atoms with van der Waals surface area (Å²) in [7, 11) is 0. The van der Waals surface area contributed by atoms with E-state index in [1.165, 1.54) is 0 Å². The number of rotatable bonds is 5. The van der Waals surface area contributed by atoms with Crippen LogP contribution in [0, 0.1) is 0 Å². The Kier molecular flexibility index (Phi) is 4.60. The summed E-state index contributed by atoms with van der Waals surface area (Å²) >= 11 is 0. The Hall–Kier alpha value is -0.120. The summed E-state index contributed by atoms with van der Waals surface area (Å²) in [6, 6.07) is 0. The van der Waals surface area contributed by atoms with Crippen LogP contribution in [0.3, 0.4) is 0 Å². The van der Waals surface area contributed by atoms with Crippen LogP contribution in [0.4, 0.5) is 0 Å². The van der Waals surface area contributed by atoms with Gasteiger partial charge in [-0.15, -0.1) is 0 Å².